The minimum atomic E-state index is -1.59. The van der Waals surface area contributed by atoms with Crippen LogP contribution >= 0.6 is 0 Å². The zero-order valence-electron chi connectivity index (χ0n) is 8.86. The molecule has 0 aromatic heterocycles. The first-order valence-electron chi connectivity index (χ1n) is 5.13. The van der Waals surface area contributed by atoms with E-state index in [1.807, 2.05) is 0 Å². The Morgan fingerprint density at radius 3 is 3.00 bits per heavy atom. The number of aliphatic carboxylic acids is 1. The summed E-state index contributed by atoms with van der Waals surface area (Å²) in [6.45, 7) is 2.11. The molecule has 1 aliphatic rings. The van der Waals surface area contributed by atoms with E-state index in [1.165, 1.54) is 6.08 Å². The van der Waals surface area contributed by atoms with E-state index in [1.54, 1.807) is 6.20 Å². The molecule has 5 nitrogen and oxygen atoms in total. The normalized spacial score (nSPS) is 24.5. The maximum Gasteiger partial charge on any atom is 0.350 e. The third-order valence-electron chi connectivity index (χ3n) is 2.27. The fourth-order valence-electron chi connectivity index (χ4n) is 1.35. The number of hydrogen-bond donors (Lipinski definition) is 3. The summed E-state index contributed by atoms with van der Waals surface area (Å²) < 4.78 is 0. The summed E-state index contributed by atoms with van der Waals surface area (Å²) in [6.07, 6.45) is 6.85. The Morgan fingerprint density at radius 1 is 1.67 bits per heavy atom. The molecule has 0 bridgehead atoms. The summed E-state index contributed by atoms with van der Waals surface area (Å²) in [4.78, 5) is 14.8. The second kappa shape index (κ2) is 4.93. The van der Waals surface area contributed by atoms with Gasteiger partial charge in [0.1, 0.15) is 5.84 Å². The fourth-order valence-corrected chi connectivity index (χ4v) is 1.35. The third kappa shape index (κ3) is 3.06. The van der Waals surface area contributed by atoms with Crippen molar-refractivity contribution in [3.63, 3.8) is 0 Å². The maximum atomic E-state index is 10.8. The van der Waals surface area contributed by atoms with Crippen molar-refractivity contribution in [2.24, 2.45) is 10.7 Å². The van der Waals surface area contributed by atoms with E-state index in [4.69, 9.17) is 10.8 Å². The predicted octanol–water partition coefficient (Wildman–Crippen LogP) is 0.822. The summed E-state index contributed by atoms with van der Waals surface area (Å²) in [5.74, 6) is -0.482. The molecule has 1 heterocycles. The molecule has 1 aliphatic heterocycles. The van der Waals surface area contributed by atoms with Gasteiger partial charge in [-0.1, -0.05) is 19.8 Å². The highest BCUT2D eigenvalue weighted by Gasteiger charge is 2.32. The second-order valence-corrected chi connectivity index (χ2v) is 3.62. The van der Waals surface area contributed by atoms with Crippen molar-refractivity contribution in [1.82, 2.24) is 5.32 Å². The predicted molar refractivity (Wildman–Crippen MR) is 58.4 cm³/mol. The van der Waals surface area contributed by atoms with E-state index in [-0.39, 0.29) is 0 Å². The van der Waals surface area contributed by atoms with Crippen LogP contribution in [0.4, 0.5) is 0 Å². The number of amidine groups is 1. The van der Waals surface area contributed by atoms with Gasteiger partial charge in [-0.2, -0.15) is 0 Å². The summed E-state index contributed by atoms with van der Waals surface area (Å²) in [5.41, 5.74) is 3.99. The van der Waals surface area contributed by atoms with Gasteiger partial charge in [0.2, 0.25) is 5.66 Å². The van der Waals surface area contributed by atoms with Gasteiger partial charge in [0.15, 0.2) is 0 Å². The van der Waals surface area contributed by atoms with Gasteiger partial charge in [-0.05, 0) is 12.5 Å². The van der Waals surface area contributed by atoms with Gasteiger partial charge >= 0.3 is 5.97 Å². The number of hydrogen-bond acceptors (Lipinski definition) is 4. The van der Waals surface area contributed by atoms with Crippen LogP contribution in [0, 0.1) is 0 Å². The van der Waals surface area contributed by atoms with Crippen molar-refractivity contribution in [3.05, 3.63) is 12.3 Å². The number of carboxylic acid groups (broad SMARTS) is 1. The highest BCUT2D eigenvalue weighted by molar-refractivity contribution is 5.91. The van der Waals surface area contributed by atoms with E-state index in [0.717, 1.165) is 25.7 Å². The van der Waals surface area contributed by atoms with Crippen molar-refractivity contribution in [3.8, 4) is 0 Å². The molecule has 1 atom stereocenters. The molecular formula is C10H17N3O2. The molecule has 84 valence electrons. The number of unbranched alkanes of at least 4 members (excludes halogenated alkanes) is 2. The molecule has 1 rings (SSSR count). The first kappa shape index (κ1) is 11.7. The minimum Gasteiger partial charge on any atom is -0.478 e. The number of carbonyl (C=O) groups is 1. The van der Waals surface area contributed by atoms with Crippen molar-refractivity contribution in [1.29, 1.82) is 0 Å². The highest BCUT2D eigenvalue weighted by atomic mass is 16.4. The molecule has 0 aromatic carbocycles. The first-order valence-corrected chi connectivity index (χ1v) is 5.13. The van der Waals surface area contributed by atoms with Crippen molar-refractivity contribution in [2.45, 2.75) is 38.3 Å². The van der Waals surface area contributed by atoms with Crippen molar-refractivity contribution >= 4 is 11.8 Å². The van der Waals surface area contributed by atoms with Crippen LogP contribution in [-0.2, 0) is 4.79 Å². The maximum absolute atomic E-state index is 10.8. The van der Waals surface area contributed by atoms with Gasteiger partial charge in [0.25, 0.3) is 0 Å². The quantitative estimate of drug-likeness (QED) is 0.587. The summed E-state index contributed by atoms with van der Waals surface area (Å²) in [5, 5.41) is 11.8. The number of nitrogens with zero attached hydrogens (tertiary/aromatic N) is 1. The molecular weight excluding hydrogens is 194 g/mol. The number of rotatable bonds is 5. The van der Waals surface area contributed by atoms with E-state index in [2.05, 4.69) is 17.2 Å². The monoisotopic (exact) mass is 211 g/mol. The van der Waals surface area contributed by atoms with Crippen LogP contribution in [0.3, 0.4) is 0 Å². The Bertz CT molecular complexity index is 299. The molecule has 4 N–H and O–H groups in total. The van der Waals surface area contributed by atoms with E-state index >= 15 is 0 Å². The van der Waals surface area contributed by atoms with Gasteiger partial charge in [-0.3, -0.25) is 5.73 Å². The van der Waals surface area contributed by atoms with E-state index in [0.29, 0.717) is 5.84 Å². The Kier molecular flexibility index (Phi) is 3.85. The number of aliphatic imine (C=N–C) groups is 1. The summed E-state index contributed by atoms with van der Waals surface area (Å²) in [6, 6.07) is 0. The molecule has 0 radical (unpaired) electrons. The Hall–Kier alpha value is -1.36. The molecule has 0 spiro atoms. The minimum absolute atomic E-state index is 0.649. The van der Waals surface area contributed by atoms with Crippen LogP contribution in [0.1, 0.15) is 32.6 Å². The zero-order valence-corrected chi connectivity index (χ0v) is 8.86. The average molecular weight is 211 g/mol. The number of carboxylic acids is 1. The van der Waals surface area contributed by atoms with Crippen LogP contribution in [0.5, 0.6) is 0 Å². The molecule has 15 heavy (non-hydrogen) atoms. The molecule has 0 saturated heterocycles. The van der Waals surface area contributed by atoms with Crippen LogP contribution < -0.4 is 11.1 Å². The van der Waals surface area contributed by atoms with Crippen LogP contribution in [0.15, 0.2) is 17.3 Å². The van der Waals surface area contributed by atoms with Gasteiger partial charge in [0.05, 0.1) is 0 Å². The molecule has 1 unspecified atom stereocenters. The lowest BCUT2D eigenvalue weighted by Crippen LogP contribution is -2.48. The topological polar surface area (TPSA) is 87.7 Å². The van der Waals surface area contributed by atoms with Gasteiger partial charge in [-0.15, -0.1) is 0 Å². The Balaban J connectivity index is 2.60. The number of nitrogens with one attached hydrogen (secondary N) is 1. The average Bonchev–Trinajstić information content (AvgIpc) is 2.18. The van der Waals surface area contributed by atoms with Crippen molar-refractivity contribution in [2.75, 3.05) is 0 Å². The van der Waals surface area contributed by atoms with Crippen molar-refractivity contribution < 1.29 is 9.90 Å². The van der Waals surface area contributed by atoms with Crippen LogP contribution in [-0.4, -0.2) is 22.6 Å². The summed E-state index contributed by atoms with van der Waals surface area (Å²) >= 11 is 0. The lowest BCUT2D eigenvalue weighted by molar-refractivity contribution is -0.141. The SMILES string of the molecule is CCCCCC1=NC(N)(C(=O)O)C=CN1. The Labute approximate surface area is 89.1 Å². The van der Waals surface area contributed by atoms with Crippen LogP contribution in [0.2, 0.25) is 0 Å². The molecule has 0 fully saturated rings. The fraction of sp³-hybridized carbons (Fsp3) is 0.600. The van der Waals surface area contributed by atoms with E-state index < -0.39 is 11.6 Å². The lowest BCUT2D eigenvalue weighted by Gasteiger charge is -2.22. The number of nitrogens with two attached hydrogens (primary N) is 1. The van der Waals surface area contributed by atoms with E-state index in [9.17, 15) is 4.79 Å². The molecule has 5 heteroatoms. The standard InChI is InChI=1S/C10H17N3O2/c1-2-3-4-5-8-12-7-6-10(11,13-8)9(14)15/h6-7H,2-5,11H2,1H3,(H,12,13)(H,14,15). The smallest absolute Gasteiger partial charge is 0.350 e. The second-order valence-electron chi connectivity index (χ2n) is 3.62. The highest BCUT2D eigenvalue weighted by Crippen LogP contribution is 2.11. The van der Waals surface area contributed by atoms with Gasteiger partial charge in [0, 0.05) is 12.6 Å². The van der Waals surface area contributed by atoms with Crippen LogP contribution in [0.25, 0.3) is 0 Å². The zero-order chi connectivity index (χ0) is 11.3. The third-order valence-corrected chi connectivity index (χ3v) is 2.27. The molecule has 0 aromatic rings. The molecule has 0 amide bonds. The lowest BCUT2D eigenvalue weighted by atomic mass is 10.1. The van der Waals surface area contributed by atoms with Gasteiger partial charge < -0.3 is 10.4 Å². The Morgan fingerprint density at radius 2 is 2.40 bits per heavy atom. The largest absolute Gasteiger partial charge is 0.478 e. The molecule has 0 saturated carbocycles. The molecule has 0 aliphatic carbocycles. The summed E-state index contributed by atoms with van der Waals surface area (Å²) in [7, 11) is 0. The first-order chi connectivity index (χ1) is 7.08. The van der Waals surface area contributed by atoms with Gasteiger partial charge in [-0.25, -0.2) is 9.79 Å².